The highest BCUT2D eigenvalue weighted by atomic mass is 16.4. The third-order valence-electron chi connectivity index (χ3n) is 2.18. The lowest BCUT2D eigenvalue weighted by Crippen LogP contribution is -2.14. The number of hydrogen-bond acceptors (Lipinski definition) is 2. The van der Waals surface area contributed by atoms with E-state index >= 15 is 0 Å². The number of nitriles is 1. The molecule has 1 aromatic rings. The number of carboxylic acids is 1. The molecule has 15 heavy (non-hydrogen) atoms. The Morgan fingerprint density at radius 2 is 2.13 bits per heavy atom. The second-order valence-corrected chi connectivity index (χ2v) is 3.26. The topological polar surface area (TPSA) is 61.1 Å². The largest absolute Gasteiger partial charge is 0.482 e. The first kappa shape index (κ1) is 11.3. The number of hydrogen-bond donors (Lipinski definition) is 1. The van der Waals surface area contributed by atoms with Crippen molar-refractivity contribution in [2.24, 2.45) is 0 Å². The Hall–Kier alpha value is -1.76. The summed E-state index contributed by atoms with van der Waals surface area (Å²) < 4.78 is 0. The number of aryl methyl sites for hydroxylation is 1. The van der Waals surface area contributed by atoms with Crippen LogP contribution in [-0.4, -0.2) is 18.4 Å². The monoisotopic (exact) mass is 200 g/mol. The van der Waals surface area contributed by atoms with Crippen LogP contribution in [0.15, 0.2) is 30.3 Å². The van der Waals surface area contributed by atoms with Gasteiger partial charge < -0.3 is 5.11 Å². The molecule has 0 fully saturated rings. The number of carbonyl (C=O) groups is 1. The van der Waals surface area contributed by atoms with Crippen molar-refractivity contribution in [1.29, 1.82) is 5.26 Å². The van der Waals surface area contributed by atoms with Crippen molar-refractivity contribution in [3.05, 3.63) is 35.9 Å². The van der Waals surface area contributed by atoms with E-state index in [0.717, 1.165) is 5.56 Å². The molecule has 0 saturated heterocycles. The third-order valence-corrected chi connectivity index (χ3v) is 2.18. The number of carboxylic acid groups (broad SMARTS) is 1. The van der Waals surface area contributed by atoms with Crippen molar-refractivity contribution in [2.75, 3.05) is 0 Å². The van der Waals surface area contributed by atoms with Crippen LogP contribution in [-0.2, 0) is 11.2 Å². The molecule has 3 nitrogen and oxygen atoms in total. The van der Waals surface area contributed by atoms with Crippen molar-refractivity contribution in [1.82, 2.24) is 0 Å². The Kier molecular flexibility index (Phi) is 4.43. The van der Waals surface area contributed by atoms with E-state index in [9.17, 15) is 4.79 Å². The van der Waals surface area contributed by atoms with Crippen LogP contribution in [0, 0.1) is 11.2 Å². The first-order valence-electron chi connectivity index (χ1n) is 4.73. The Morgan fingerprint density at radius 3 is 2.67 bits per heavy atom. The molecule has 0 aromatic heterocycles. The summed E-state index contributed by atoms with van der Waals surface area (Å²) in [6.07, 6.45) is 1.14. The first-order chi connectivity index (χ1) is 7.24. The maximum absolute atomic E-state index is 10.7. The normalized spacial score (nSPS) is 11.4. The second kappa shape index (κ2) is 5.87. The molecule has 0 aliphatic heterocycles. The van der Waals surface area contributed by atoms with E-state index in [1.807, 2.05) is 30.3 Å². The molecular weight excluding hydrogens is 189 g/mol. The second-order valence-electron chi connectivity index (χ2n) is 3.26. The van der Waals surface area contributed by atoms with E-state index in [4.69, 9.17) is 10.4 Å². The summed E-state index contributed by atoms with van der Waals surface area (Å²) in [5, 5.41) is 17.2. The highest BCUT2D eigenvalue weighted by molar-refractivity contribution is 6.51. The maximum Gasteiger partial charge on any atom is 0.299 e. The molecule has 1 radical (unpaired) electrons. The molecule has 0 saturated carbocycles. The summed E-state index contributed by atoms with van der Waals surface area (Å²) >= 11 is 0. The van der Waals surface area contributed by atoms with E-state index in [-0.39, 0.29) is 0 Å². The Bertz CT molecular complexity index is 359. The fourth-order valence-electron chi connectivity index (χ4n) is 1.33. The molecule has 75 valence electrons. The van der Waals surface area contributed by atoms with Gasteiger partial charge in [-0.05, 0) is 24.4 Å². The van der Waals surface area contributed by atoms with Crippen molar-refractivity contribution >= 4 is 13.2 Å². The summed E-state index contributed by atoms with van der Waals surface area (Å²) in [5.41, 5.74) is 1.09. The molecule has 1 unspecified atom stereocenters. The van der Waals surface area contributed by atoms with Crippen molar-refractivity contribution in [3.8, 4) is 5.97 Å². The fraction of sp³-hybridized carbons (Fsp3) is 0.273. The van der Waals surface area contributed by atoms with Crippen molar-refractivity contribution in [3.63, 3.8) is 0 Å². The molecule has 1 aromatic carbocycles. The molecule has 4 heteroatoms. The van der Waals surface area contributed by atoms with E-state index in [1.54, 1.807) is 5.97 Å². The van der Waals surface area contributed by atoms with Crippen LogP contribution in [0.3, 0.4) is 0 Å². The maximum atomic E-state index is 10.7. The number of aliphatic carboxylic acids is 1. The van der Waals surface area contributed by atoms with Crippen LogP contribution in [0.4, 0.5) is 0 Å². The van der Waals surface area contributed by atoms with Gasteiger partial charge in [-0.15, -0.1) is 0 Å². The van der Waals surface area contributed by atoms with Crippen LogP contribution >= 0.6 is 0 Å². The molecule has 0 heterocycles. The molecule has 0 aliphatic rings. The lowest BCUT2D eigenvalue weighted by Gasteiger charge is -2.06. The zero-order valence-corrected chi connectivity index (χ0v) is 8.26. The van der Waals surface area contributed by atoms with Gasteiger partial charge in [-0.3, -0.25) is 4.79 Å². The summed E-state index contributed by atoms with van der Waals surface area (Å²) in [6.45, 7) is 0. The van der Waals surface area contributed by atoms with E-state index < -0.39 is 11.8 Å². The zero-order chi connectivity index (χ0) is 11.1. The Labute approximate surface area is 89.6 Å². The smallest absolute Gasteiger partial charge is 0.299 e. The first-order valence-corrected chi connectivity index (χ1v) is 4.73. The van der Waals surface area contributed by atoms with Gasteiger partial charge in [-0.25, -0.2) is 5.26 Å². The minimum atomic E-state index is -0.938. The van der Waals surface area contributed by atoms with Gasteiger partial charge >= 0.3 is 0 Å². The lowest BCUT2D eigenvalue weighted by atomic mass is 9.64. The van der Waals surface area contributed by atoms with Gasteiger partial charge in [0.15, 0.2) is 0 Å². The molecule has 1 atom stereocenters. The Balaban J connectivity index is 2.48. The average molecular weight is 200 g/mol. The van der Waals surface area contributed by atoms with Gasteiger partial charge in [-0.2, -0.15) is 0 Å². The third kappa shape index (κ3) is 3.86. The predicted octanol–water partition coefficient (Wildman–Crippen LogP) is 1.68. The summed E-state index contributed by atoms with van der Waals surface area (Å²) in [7, 11) is 1.17. The molecule has 0 bridgehead atoms. The molecule has 0 spiro atoms. The summed E-state index contributed by atoms with van der Waals surface area (Å²) in [5.74, 6) is 0.171. The number of rotatable bonds is 5. The van der Waals surface area contributed by atoms with Crippen LogP contribution in [0.1, 0.15) is 12.0 Å². The molecule has 1 rings (SSSR count). The SMILES string of the molecule is N#C[B]C(CCc1ccccc1)C(=O)O. The van der Waals surface area contributed by atoms with Gasteiger partial charge in [0.25, 0.3) is 13.2 Å². The molecule has 0 amide bonds. The van der Waals surface area contributed by atoms with E-state index in [0.29, 0.717) is 12.8 Å². The minimum Gasteiger partial charge on any atom is -0.482 e. The van der Waals surface area contributed by atoms with Gasteiger partial charge in [0.2, 0.25) is 0 Å². The standard InChI is InChI=1S/C11H11BNO2/c13-8-12-10(11(14)15)7-6-9-4-2-1-3-5-9/h1-5,10H,6-7H2,(H,14,15). The van der Waals surface area contributed by atoms with Gasteiger partial charge in [0.1, 0.15) is 0 Å². The minimum absolute atomic E-state index is 0.465. The number of benzene rings is 1. The van der Waals surface area contributed by atoms with Gasteiger partial charge in [0.05, 0.1) is 0 Å². The van der Waals surface area contributed by atoms with Crippen LogP contribution in [0.25, 0.3) is 0 Å². The van der Waals surface area contributed by atoms with Crippen LogP contribution in [0.2, 0.25) is 5.82 Å². The van der Waals surface area contributed by atoms with E-state index in [1.165, 1.54) is 7.28 Å². The molecule has 0 aliphatic carbocycles. The molecule has 1 N–H and O–H groups in total. The summed E-state index contributed by atoms with van der Waals surface area (Å²) in [4.78, 5) is 10.7. The van der Waals surface area contributed by atoms with E-state index in [2.05, 4.69) is 0 Å². The average Bonchev–Trinajstić information content (AvgIpc) is 2.25. The number of nitrogens with zero attached hydrogens (tertiary/aromatic N) is 1. The van der Waals surface area contributed by atoms with Crippen molar-refractivity contribution < 1.29 is 9.90 Å². The van der Waals surface area contributed by atoms with Crippen molar-refractivity contribution in [2.45, 2.75) is 18.7 Å². The highest BCUT2D eigenvalue weighted by Crippen LogP contribution is 2.13. The highest BCUT2D eigenvalue weighted by Gasteiger charge is 2.18. The predicted molar refractivity (Wildman–Crippen MR) is 57.5 cm³/mol. The fourth-order valence-corrected chi connectivity index (χ4v) is 1.33. The quantitative estimate of drug-likeness (QED) is 0.735. The van der Waals surface area contributed by atoms with Crippen LogP contribution < -0.4 is 0 Å². The summed E-state index contributed by atoms with van der Waals surface area (Å²) in [6, 6.07) is 9.65. The zero-order valence-electron chi connectivity index (χ0n) is 8.26. The molecular formula is C11H11BNO2. The van der Waals surface area contributed by atoms with Gasteiger partial charge in [-0.1, -0.05) is 30.3 Å². The van der Waals surface area contributed by atoms with Gasteiger partial charge in [0, 0.05) is 5.82 Å². The Morgan fingerprint density at radius 1 is 1.47 bits per heavy atom. The van der Waals surface area contributed by atoms with Crippen LogP contribution in [0.5, 0.6) is 0 Å². The lowest BCUT2D eigenvalue weighted by molar-refractivity contribution is -0.137.